The average Bonchev–Trinajstić information content (AvgIpc) is 2.15. The van der Waals surface area contributed by atoms with Crippen LogP contribution >= 0.6 is 0 Å². The maximum absolute atomic E-state index is 5.78. The largest absolute Gasteiger partial charge is 0.398 e. The van der Waals surface area contributed by atoms with Gasteiger partial charge in [-0.2, -0.15) is 0 Å². The van der Waals surface area contributed by atoms with Crippen molar-refractivity contribution >= 4 is 11.3 Å². The van der Waals surface area contributed by atoms with Gasteiger partial charge in [0.25, 0.3) is 0 Å². The quantitative estimate of drug-likeness (QED) is 0.733. The highest BCUT2D eigenvalue weighted by atomic mass is 14.7. The third-order valence-corrected chi connectivity index (χ3v) is 1.90. The van der Waals surface area contributed by atoms with Gasteiger partial charge in [0, 0.05) is 23.6 Å². The summed E-state index contributed by atoms with van der Waals surface area (Å²) in [7, 11) is 0. The maximum Gasteiger partial charge on any atom is 0.0421 e. The predicted octanol–water partition coefficient (Wildman–Crippen LogP) is 1.42. The Kier molecular flexibility index (Phi) is 3.46. The van der Waals surface area contributed by atoms with Crippen LogP contribution in [0.5, 0.6) is 0 Å². The molecule has 1 aromatic heterocycles. The van der Waals surface area contributed by atoms with E-state index in [0.29, 0.717) is 6.54 Å². The van der Waals surface area contributed by atoms with E-state index in [2.05, 4.69) is 11.1 Å². The van der Waals surface area contributed by atoms with Gasteiger partial charge in [-0.25, -0.2) is 0 Å². The Morgan fingerprint density at radius 2 is 2.38 bits per heavy atom. The standard InChI is InChI=1S/C10H15N3/c1-8(3-2-5-11)9-7-13-6-4-10(9)12/h3-4,6-7H,2,5,11H2,1H3,(H2,12,13). The molecule has 0 aliphatic carbocycles. The van der Waals surface area contributed by atoms with Gasteiger partial charge in [-0.05, 0) is 31.5 Å². The van der Waals surface area contributed by atoms with Gasteiger partial charge in [0.05, 0.1) is 0 Å². The van der Waals surface area contributed by atoms with Crippen LogP contribution in [0.15, 0.2) is 24.5 Å². The number of pyridine rings is 1. The minimum Gasteiger partial charge on any atom is -0.398 e. The van der Waals surface area contributed by atoms with Crippen molar-refractivity contribution in [1.82, 2.24) is 4.98 Å². The molecular formula is C10H15N3. The highest BCUT2D eigenvalue weighted by Gasteiger charge is 1.99. The lowest BCUT2D eigenvalue weighted by molar-refractivity contribution is 1.01. The Balaban J connectivity index is 2.88. The van der Waals surface area contributed by atoms with Crippen LogP contribution in [-0.4, -0.2) is 11.5 Å². The zero-order valence-electron chi connectivity index (χ0n) is 7.83. The van der Waals surface area contributed by atoms with Crippen LogP contribution < -0.4 is 11.5 Å². The van der Waals surface area contributed by atoms with Crippen molar-refractivity contribution in [2.75, 3.05) is 12.3 Å². The van der Waals surface area contributed by atoms with Crippen molar-refractivity contribution in [2.24, 2.45) is 5.73 Å². The minimum atomic E-state index is 0.664. The van der Waals surface area contributed by atoms with E-state index in [-0.39, 0.29) is 0 Å². The Morgan fingerprint density at radius 3 is 3.00 bits per heavy atom. The summed E-state index contributed by atoms with van der Waals surface area (Å²) in [5, 5.41) is 0. The van der Waals surface area contributed by atoms with Crippen LogP contribution in [0.4, 0.5) is 5.69 Å². The van der Waals surface area contributed by atoms with E-state index in [1.807, 2.05) is 6.92 Å². The fourth-order valence-electron chi connectivity index (χ4n) is 1.14. The molecule has 0 radical (unpaired) electrons. The number of hydrogen-bond donors (Lipinski definition) is 2. The van der Waals surface area contributed by atoms with Gasteiger partial charge in [-0.15, -0.1) is 0 Å². The topological polar surface area (TPSA) is 64.9 Å². The third-order valence-electron chi connectivity index (χ3n) is 1.90. The average molecular weight is 177 g/mol. The highest BCUT2D eigenvalue weighted by Crippen LogP contribution is 2.19. The number of allylic oxidation sites excluding steroid dienone is 1. The zero-order valence-corrected chi connectivity index (χ0v) is 7.83. The molecule has 3 heteroatoms. The fourth-order valence-corrected chi connectivity index (χ4v) is 1.14. The van der Waals surface area contributed by atoms with Crippen LogP contribution in [0, 0.1) is 0 Å². The van der Waals surface area contributed by atoms with E-state index >= 15 is 0 Å². The first kappa shape index (κ1) is 9.74. The van der Waals surface area contributed by atoms with E-state index in [0.717, 1.165) is 23.2 Å². The molecule has 13 heavy (non-hydrogen) atoms. The number of aromatic nitrogens is 1. The Hall–Kier alpha value is -1.35. The van der Waals surface area contributed by atoms with Gasteiger partial charge in [-0.3, -0.25) is 4.98 Å². The molecule has 70 valence electrons. The first-order chi connectivity index (χ1) is 6.25. The molecule has 0 amide bonds. The second-order valence-electron chi connectivity index (χ2n) is 2.93. The normalized spacial score (nSPS) is 11.7. The minimum absolute atomic E-state index is 0.664. The van der Waals surface area contributed by atoms with Crippen molar-refractivity contribution in [1.29, 1.82) is 0 Å². The highest BCUT2D eigenvalue weighted by molar-refractivity contribution is 5.72. The van der Waals surface area contributed by atoms with Crippen LogP contribution in [0.3, 0.4) is 0 Å². The molecule has 0 atom stereocenters. The number of rotatable bonds is 3. The van der Waals surface area contributed by atoms with Crippen molar-refractivity contribution in [3.8, 4) is 0 Å². The Morgan fingerprint density at radius 1 is 1.62 bits per heavy atom. The van der Waals surface area contributed by atoms with E-state index in [1.165, 1.54) is 0 Å². The first-order valence-corrected chi connectivity index (χ1v) is 4.32. The predicted molar refractivity (Wildman–Crippen MR) is 56.0 cm³/mol. The second kappa shape index (κ2) is 4.62. The van der Waals surface area contributed by atoms with E-state index < -0.39 is 0 Å². The molecule has 4 N–H and O–H groups in total. The van der Waals surface area contributed by atoms with Crippen molar-refractivity contribution in [3.63, 3.8) is 0 Å². The molecular weight excluding hydrogens is 162 g/mol. The van der Waals surface area contributed by atoms with E-state index in [9.17, 15) is 0 Å². The lowest BCUT2D eigenvalue weighted by Crippen LogP contribution is -1.97. The molecule has 3 nitrogen and oxygen atoms in total. The van der Waals surface area contributed by atoms with Crippen LogP contribution in [0.25, 0.3) is 5.57 Å². The van der Waals surface area contributed by atoms with Crippen molar-refractivity contribution < 1.29 is 0 Å². The summed E-state index contributed by atoms with van der Waals surface area (Å²) >= 11 is 0. The van der Waals surface area contributed by atoms with Crippen LogP contribution in [0.2, 0.25) is 0 Å². The summed E-state index contributed by atoms with van der Waals surface area (Å²) in [6, 6.07) is 1.80. The summed E-state index contributed by atoms with van der Waals surface area (Å²) in [6.45, 7) is 2.68. The number of nitrogen functional groups attached to an aromatic ring is 1. The number of nitrogens with two attached hydrogens (primary N) is 2. The SMILES string of the molecule is CC(=CCCN)c1cnccc1N. The van der Waals surface area contributed by atoms with E-state index in [1.54, 1.807) is 18.5 Å². The summed E-state index contributed by atoms with van der Waals surface area (Å²) in [6.07, 6.45) is 6.42. The number of hydrogen-bond acceptors (Lipinski definition) is 3. The van der Waals surface area contributed by atoms with E-state index in [4.69, 9.17) is 11.5 Å². The van der Waals surface area contributed by atoms with Crippen molar-refractivity contribution in [2.45, 2.75) is 13.3 Å². The van der Waals surface area contributed by atoms with Crippen LogP contribution in [-0.2, 0) is 0 Å². The number of anilines is 1. The molecule has 1 rings (SSSR count). The smallest absolute Gasteiger partial charge is 0.0421 e. The maximum atomic E-state index is 5.78. The van der Waals surface area contributed by atoms with Gasteiger partial charge in [-0.1, -0.05) is 6.08 Å². The van der Waals surface area contributed by atoms with Crippen molar-refractivity contribution in [3.05, 3.63) is 30.1 Å². The second-order valence-corrected chi connectivity index (χ2v) is 2.93. The first-order valence-electron chi connectivity index (χ1n) is 4.32. The molecule has 0 spiro atoms. The van der Waals surface area contributed by atoms with Gasteiger partial charge in [0.15, 0.2) is 0 Å². The summed E-state index contributed by atoms with van der Waals surface area (Å²) in [4.78, 5) is 4.02. The van der Waals surface area contributed by atoms with Gasteiger partial charge < -0.3 is 11.5 Å². The number of nitrogens with zero attached hydrogens (tertiary/aromatic N) is 1. The molecule has 0 bridgehead atoms. The molecule has 1 aromatic rings. The molecule has 0 aliphatic heterocycles. The molecule has 0 aliphatic rings. The Bertz CT molecular complexity index is 305. The zero-order chi connectivity index (χ0) is 9.68. The molecule has 0 unspecified atom stereocenters. The summed E-state index contributed by atoms with van der Waals surface area (Å²) in [5.74, 6) is 0. The molecule has 0 saturated carbocycles. The third kappa shape index (κ3) is 2.56. The molecule has 0 saturated heterocycles. The van der Waals surface area contributed by atoms with Crippen LogP contribution in [0.1, 0.15) is 18.9 Å². The monoisotopic (exact) mass is 177 g/mol. The lowest BCUT2D eigenvalue weighted by Gasteiger charge is -2.04. The molecule has 1 heterocycles. The molecule has 0 aromatic carbocycles. The van der Waals surface area contributed by atoms with Gasteiger partial charge >= 0.3 is 0 Å². The summed E-state index contributed by atoms with van der Waals surface area (Å²) < 4.78 is 0. The lowest BCUT2D eigenvalue weighted by atomic mass is 10.1. The Labute approximate surface area is 78.5 Å². The fraction of sp³-hybridized carbons (Fsp3) is 0.300. The van der Waals surface area contributed by atoms with Gasteiger partial charge in [0.2, 0.25) is 0 Å². The molecule has 0 fully saturated rings. The summed E-state index contributed by atoms with van der Waals surface area (Å²) in [5.41, 5.74) is 14.1. The van der Waals surface area contributed by atoms with Gasteiger partial charge in [0.1, 0.15) is 0 Å².